The third kappa shape index (κ3) is 1.45. The number of pyridine rings is 1. The number of hydrogen-bond donors (Lipinski definition) is 0. The van der Waals surface area contributed by atoms with Gasteiger partial charge >= 0.3 is 0 Å². The quantitative estimate of drug-likeness (QED) is 0.669. The molecular weight excluding hydrogens is 184 g/mol. The molecule has 0 fully saturated rings. The molecule has 2 aromatic heterocycles. The Morgan fingerprint density at radius 3 is 3.00 bits per heavy atom. The van der Waals surface area contributed by atoms with Crippen LogP contribution in [0.2, 0.25) is 0 Å². The molecular formula is C10H9ClN2. The number of halogens is 1. The highest BCUT2D eigenvalue weighted by atomic mass is 35.5. The number of aromatic nitrogens is 2. The summed E-state index contributed by atoms with van der Waals surface area (Å²) in [6.07, 6.45) is 5.71. The van der Waals surface area contributed by atoms with Crippen LogP contribution >= 0.6 is 11.6 Å². The van der Waals surface area contributed by atoms with E-state index in [0.29, 0.717) is 5.88 Å². The molecule has 2 rings (SSSR count). The fourth-order valence-electron chi connectivity index (χ4n) is 1.25. The number of rotatable bonds is 2. The molecule has 13 heavy (non-hydrogen) atoms. The normalized spacial score (nSPS) is 10.5. The number of imidazole rings is 1. The number of fused-ring (bicyclic) bond motifs is 1. The SMILES string of the molecule is C=Cc1ccc2nc(CCl)cn2c1. The third-order valence-corrected chi connectivity index (χ3v) is 2.17. The summed E-state index contributed by atoms with van der Waals surface area (Å²) in [5.41, 5.74) is 2.88. The summed E-state index contributed by atoms with van der Waals surface area (Å²) in [6, 6.07) is 3.93. The van der Waals surface area contributed by atoms with Crippen molar-refractivity contribution in [3.8, 4) is 0 Å². The average Bonchev–Trinajstić information content (AvgIpc) is 2.58. The van der Waals surface area contributed by atoms with E-state index in [2.05, 4.69) is 11.6 Å². The van der Waals surface area contributed by atoms with Gasteiger partial charge in [0.05, 0.1) is 11.6 Å². The van der Waals surface area contributed by atoms with E-state index in [4.69, 9.17) is 11.6 Å². The molecule has 2 nitrogen and oxygen atoms in total. The minimum Gasteiger partial charge on any atom is -0.306 e. The average molecular weight is 193 g/mol. The van der Waals surface area contributed by atoms with Crippen molar-refractivity contribution >= 4 is 23.3 Å². The van der Waals surface area contributed by atoms with E-state index in [-0.39, 0.29) is 0 Å². The van der Waals surface area contributed by atoms with Gasteiger partial charge in [-0.1, -0.05) is 12.7 Å². The van der Waals surface area contributed by atoms with Gasteiger partial charge in [-0.2, -0.15) is 0 Å². The minimum absolute atomic E-state index is 0.450. The number of nitrogens with zero attached hydrogens (tertiary/aromatic N) is 2. The van der Waals surface area contributed by atoms with E-state index < -0.39 is 0 Å². The van der Waals surface area contributed by atoms with Crippen LogP contribution in [0, 0.1) is 0 Å². The van der Waals surface area contributed by atoms with Crippen LogP contribution in [-0.4, -0.2) is 9.38 Å². The molecule has 0 radical (unpaired) electrons. The predicted molar refractivity (Wildman–Crippen MR) is 54.8 cm³/mol. The van der Waals surface area contributed by atoms with E-state index in [9.17, 15) is 0 Å². The summed E-state index contributed by atoms with van der Waals surface area (Å²) in [5.74, 6) is 0.450. The van der Waals surface area contributed by atoms with Crippen LogP contribution in [0.25, 0.3) is 11.7 Å². The molecule has 0 aliphatic heterocycles. The van der Waals surface area contributed by atoms with Gasteiger partial charge in [0.1, 0.15) is 5.65 Å². The summed E-state index contributed by atoms with van der Waals surface area (Å²) in [6.45, 7) is 3.70. The fraction of sp³-hybridized carbons (Fsp3) is 0.100. The Hall–Kier alpha value is -1.28. The van der Waals surface area contributed by atoms with Crippen LogP contribution in [0.3, 0.4) is 0 Å². The van der Waals surface area contributed by atoms with E-state index in [1.54, 1.807) is 6.08 Å². The number of hydrogen-bond acceptors (Lipinski definition) is 1. The highest BCUT2D eigenvalue weighted by Crippen LogP contribution is 2.09. The van der Waals surface area contributed by atoms with Crippen LogP contribution in [0.1, 0.15) is 11.3 Å². The second kappa shape index (κ2) is 3.23. The van der Waals surface area contributed by atoms with Crippen LogP contribution in [-0.2, 0) is 5.88 Å². The molecule has 0 unspecified atom stereocenters. The maximum absolute atomic E-state index is 5.68. The van der Waals surface area contributed by atoms with E-state index in [1.165, 1.54) is 0 Å². The molecule has 3 heteroatoms. The second-order valence-corrected chi connectivity index (χ2v) is 3.07. The molecule has 0 atom stereocenters. The van der Waals surface area contributed by atoms with Crippen molar-refractivity contribution in [1.82, 2.24) is 9.38 Å². The molecule has 2 heterocycles. The molecule has 0 aromatic carbocycles. The highest BCUT2D eigenvalue weighted by Gasteiger charge is 1.99. The lowest BCUT2D eigenvalue weighted by Gasteiger charge is -1.94. The maximum Gasteiger partial charge on any atom is 0.137 e. The van der Waals surface area contributed by atoms with Crippen LogP contribution in [0.15, 0.2) is 31.1 Å². The molecule has 0 bridgehead atoms. The van der Waals surface area contributed by atoms with E-state index in [0.717, 1.165) is 16.9 Å². The van der Waals surface area contributed by atoms with Gasteiger partial charge in [-0.05, 0) is 17.7 Å². The van der Waals surface area contributed by atoms with Crippen molar-refractivity contribution in [2.24, 2.45) is 0 Å². The summed E-state index contributed by atoms with van der Waals surface area (Å²) < 4.78 is 1.95. The van der Waals surface area contributed by atoms with Crippen molar-refractivity contribution in [2.45, 2.75) is 5.88 Å². The van der Waals surface area contributed by atoms with Gasteiger partial charge in [0.2, 0.25) is 0 Å². The van der Waals surface area contributed by atoms with Gasteiger partial charge in [0, 0.05) is 12.4 Å². The topological polar surface area (TPSA) is 17.3 Å². The molecule has 0 amide bonds. The fourth-order valence-corrected chi connectivity index (χ4v) is 1.38. The Labute approximate surface area is 81.5 Å². The zero-order chi connectivity index (χ0) is 9.26. The lowest BCUT2D eigenvalue weighted by Crippen LogP contribution is -1.82. The summed E-state index contributed by atoms with van der Waals surface area (Å²) in [4.78, 5) is 4.30. The van der Waals surface area contributed by atoms with Crippen molar-refractivity contribution in [2.75, 3.05) is 0 Å². The Morgan fingerprint density at radius 1 is 1.46 bits per heavy atom. The molecule has 0 saturated carbocycles. The molecule has 0 N–H and O–H groups in total. The lowest BCUT2D eigenvalue weighted by atomic mass is 10.3. The summed E-state index contributed by atoms with van der Waals surface area (Å²) in [7, 11) is 0. The first-order valence-electron chi connectivity index (χ1n) is 3.99. The zero-order valence-corrected chi connectivity index (χ0v) is 7.83. The third-order valence-electron chi connectivity index (χ3n) is 1.90. The first kappa shape index (κ1) is 8.32. The minimum atomic E-state index is 0.450. The lowest BCUT2D eigenvalue weighted by molar-refractivity contribution is 1.18. The van der Waals surface area contributed by atoms with Gasteiger partial charge < -0.3 is 4.40 Å². The van der Waals surface area contributed by atoms with E-state index >= 15 is 0 Å². The summed E-state index contributed by atoms with van der Waals surface area (Å²) in [5, 5.41) is 0. The maximum atomic E-state index is 5.68. The second-order valence-electron chi connectivity index (χ2n) is 2.80. The standard InChI is InChI=1S/C10H9ClN2/c1-2-8-3-4-10-12-9(5-11)7-13(10)6-8/h2-4,6-7H,1,5H2. The highest BCUT2D eigenvalue weighted by molar-refractivity contribution is 6.16. The Morgan fingerprint density at radius 2 is 2.31 bits per heavy atom. The Bertz CT molecular complexity index is 445. The van der Waals surface area contributed by atoms with Crippen LogP contribution in [0.4, 0.5) is 0 Å². The van der Waals surface area contributed by atoms with Gasteiger partial charge in [-0.15, -0.1) is 11.6 Å². The molecule has 0 spiro atoms. The first-order chi connectivity index (χ1) is 6.33. The van der Waals surface area contributed by atoms with Crippen molar-refractivity contribution in [3.05, 3.63) is 42.4 Å². The molecule has 2 aromatic rings. The zero-order valence-electron chi connectivity index (χ0n) is 7.07. The Kier molecular flexibility index (Phi) is 2.07. The van der Waals surface area contributed by atoms with Gasteiger partial charge in [0.15, 0.2) is 0 Å². The number of alkyl halides is 1. The van der Waals surface area contributed by atoms with Gasteiger partial charge in [-0.25, -0.2) is 4.98 Å². The van der Waals surface area contributed by atoms with Crippen molar-refractivity contribution in [1.29, 1.82) is 0 Å². The molecule has 0 aliphatic rings. The van der Waals surface area contributed by atoms with Gasteiger partial charge in [0.25, 0.3) is 0 Å². The van der Waals surface area contributed by atoms with E-state index in [1.807, 2.05) is 28.9 Å². The largest absolute Gasteiger partial charge is 0.306 e. The molecule has 66 valence electrons. The predicted octanol–water partition coefficient (Wildman–Crippen LogP) is 2.72. The van der Waals surface area contributed by atoms with Crippen molar-refractivity contribution in [3.63, 3.8) is 0 Å². The first-order valence-corrected chi connectivity index (χ1v) is 4.53. The monoisotopic (exact) mass is 192 g/mol. The van der Waals surface area contributed by atoms with Gasteiger partial charge in [-0.3, -0.25) is 0 Å². The molecule has 0 saturated heterocycles. The smallest absolute Gasteiger partial charge is 0.137 e. The Balaban J connectivity index is 2.63. The van der Waals surface area contributed by atoms with Crippen molar-refractivity contribution < 1.29 is 0 Å². The van der Waals surface area contributed by atoms with Crippen LogP contribution in [0.5, 0.6) is 0 Å². The van der Waals surface area contributed by atoms with Crippen LogP contribution < -0.4 is 0 Å². The molecule has 0 aliphatic carbocycles. The summed E-state index contributed by atoms with van der Waals surface area (Å²) >= 11 is 5.68.